The van der Waals surface area contributed by atoms with Crippen LogP contribution in [0.25, 0.3) is 0 Å². The molecule has 2 aromatic rings. The van der Waals surface area contributed by atoms with Gasteiger partial charge in [-0.15, -0.1) is 0 Å². The number of hydrogen-bond donors (Lipinski definition) is 1. The van der Waals surface area contributed by atoms with E-state index in [4.69, 9.17) is 28.9 Å². The number of rotatable bonds is 5. The van der Waals surface area contributed by atoms with Crippen molar-refractivity contribution in [3.8, 4) is 0 Å². The van der Waals surface area contributed by atoms with E-state index < -0.39 is 0 Å². The molecule has 0 saturated heterocycles. The molecular weight excluding hydrogens is 328 g/mol. The summed E-state index contributed by atoms with van der Waals surface area (Å²) in [5.41, 5.74) is 6.60. The summed E-state index contributed by atoms with van der Waals surface area (Å²) in [7, 11) is 0. The molecule has 0 fully saturated rings. The molecule has 0 saturated carbocycles. The van der Waals surface area contributed by atoms with Crippen molar-refractivity contribution in [2.45, 2.75) is 35.6 Å². The normalized spacial score (nSPS) is 12.4. The summed E-state index contributed by atoms with van der Waals surface area (Å²) in [6.07, 6.45) is 1.31. The molecule has 0 aliphatic rings. The lowest BCUT2D eigenvalue weighted by molar-refractivity contribution is 0.571. The van der Waals surface area contributed by atoms with Crippen LogP contribution in [-0.4, -0.2) is 6.04 Å². The Hall–Kier alpha value is -0.740. The minimum Gasteiger partial charge on any atom is -0.327 e. The summed E-state index contributed by atoms with van der Waals surface area (Å²) < 4.78 is 14.1. The second-order valence-electron chi connectivity index (χ2n) is 4.77. The highest BCUT2D eigenvalue weighted by molar-refractivity contribution is 7.99. The summed E-state index contributed by atoms with van der Waals surface area (Å²) in [4.78, 5) is 1.63. The molecule has 2 rings (SSSR count). The molecule has 112 valence electrons. The Bertz CT molecular complexity index is 634. The molecule has 0 aliphatic carbocycles. The first-order valence-corrected chi connectivity index (χ1v) is 8.24. The molecule has 1 unspecified atom stereocenters. The van der Waals surface area contributed by atoms with Crippen molar-refractivity contribution < 1.29 is 4.39 Å². The topological polar surface area (TPSA) is 26.0 Å². The third kappa shape index (κ3) is 4.36. The lowest BCUT2D eigenvalue weighted by Gasteiger charge is -2.14. The second-order valence-corrected chi connectivity index (χ2v) is 6.69. The van der Waals surface area contributed by atoms with Crippen molar-refractivity contribution in [2.75, 3.05) is 0 Å². The van der Waals surface area contributed by atoms with Crippen LogP contribution in [0.15, 0.2) is 46.2 Å². The molecule has 5 heteroatoms. The van der Waals surface area contributed by atoms with E-state index in [9.17, 15) is 4.39 Å². The quantitative estimate of drug-likeness (QED) is 0.768. The van der Waals surface area contributed by atoms with Gasteiger partial charge in [0.15, 0.2) is 0 Å². The van der Waals surface area contributed by atoms with Gasteiger partial charge in [-0.05, 0) is 43.2 Å². The lowest BCUT2D eigenvalue weighted by Crippen LogP contribution is -2.22. The molecule has 0 bridgehead atoms. The molecule has 0 amide bonds. The van der Waals surface area contributed by atoms with Gasteiger partial charge in [0.1, 0.15) is 5.82 Å². The fourth-order valence-corrected chi connectivity index (χ4v) is 3.42. The minimum atomic E-state index is -0.234. The van der Waals surface area contributed by atoms with E-state index in [0.717, 1.165) is 16.2 Å². The van der Waals surface area contributed by atoms with Gasteiger partial charge in [-0.25, -0.2) is 4.39 Å². The van der Waals surface area contributed by atoms with Crippen LogP contribution in [0.1, 0.15) is 18.9 Å². The van der Waals surface area contributed by atoms with Crippen molar-refractivity contribution in [2.24, 2.45) is 5.73 Å². The zero-order chi connectivity index (χ0) is 15.4. The van der Waals surface area contributed by atoms with Gasteiger partial charge in [-0.2, -0.15) is 0 Å². The minimum absolute atomic E-state index is 0.0592. The zero-order valence-corrected chi connectivity index (χ0v) is 13.9. The van der Waals surface area contributed by atoms with Crippen LogP contribution in [0.3, 0.4) is 0 Å². The van der Waals surface area contributed by atoms with Crippen molar-refractivity contribution >= 4 is 35.0 Å². The standard InChI is InChI=1S/C16H16Cl2FNS/c1-2-11(20)9-12-14(19)4-3-5-15(12)21-16-8-10(17)6-7-13(16)18/h3-8,11H,2,9,20H2,1H3. The first-order chi connectivity index (χ1) is 10.0. The van der Waals surface area contributed by atoms with Crippen LogP contribution < -0.4 is 5.73 Å². The van der Waals surface area contributed by atoms with E-state index in [1.807, 2.05) is 13.0 Å². The number of halogens is 3. The average Bonchev–Trinajstić information content (AvgIpc) is 2.46. The Morgan fingerprint density at radius 3 is 2.67 bits per heavy atom. The first-order valence-electron chi connectivity index (χ1n) is 6.67. The first kappa shape index (κ1) is 16.6. The highest BCUT2D eigenvalue weighted by atomic mass is 35.5. The molecular formula is C16H16Cl2FNS. The van der Waals surface area contributed by atoms with Gasteiger partial charge in [0.25, 0.3) is 0 Å². The molecule has 0 heterocycles. The van der Waals surface area contributed by atoms with Crippen molar-refractivity contribution in [1.82, 2.24) is 0 Å². The van der Waals surface area contributed by atoms with Gasteiger partial charge in [0.05, 0.1) is 5.02 Å². The SMILES string of the molecule is CCC(N)Cc1c(F)cccc1Sc1cc(Cl)ccc1Cl. The van der Waals surface area contributed by atoms with Crippen molar-refractivity contribution in [3.63, 3.8) is 0 Å². The fourth-order valence-electron chi connectivity index (χ4n) is 1.91. The molecule has 2 aromatic carbocycles. The maximum atomic E-state index is 14.1. The molecule has 1 nitrogen and oxygen atoms in total. The molecule has 0 spiro atoms. The van der Waals surface area contributed by atoms with Crippen LogP contribution in [0, 0.1) is 5.82 Å². The molecule has 21 heavy (non-hydrogen) atoms. The van der Waals surface area contributed by atoms with Crippen LogP contribution in [0.2, 0.25) is 10.0 Å². The van der Waals surface area contributed by atoms with Crippen LogP contribution in [-0.2, 0) is 6.42 Å². The maximum Gasteiger partial charge on any atom is 0.127 e. The third-order valence-corrected chi connectivity index (χ3v) is 5.02. The summed E-state index contributed by atoms with van der Waals surface area (Å²) in [6.45, 7) is 1.99. The Morgan fingerprint density at radius 2 is 1.95 bits per heavy atom. The van der Waals surface area contributed by atoms with Crippen molar-refractivity contribution in [1.29, 1.82) is 0 Å². The molecule has 2 N–H and O–H groups in total. The van der Waals surface area contributed by atoms with Crippen LogP contribution >= 0.6 is 35.0 Å². The lowest BCUT2D eigenvalue weighted by atomic mass is 10.0. The Labute approximate surface area is 138 Å². The maximum absolute atomic E-state index is 14.1. The van der Waals surface area contributed by atoms with E-state index in [0.29, 0.717) is 22.0 Å². The van der Waals surface area contributed by atoms with Gasteiger partial charge >= 0.3 is 0 Å². The summed E-state index contributed by atoms with van der Waals surface area (Å²) >= 11 is 13.6. The summed E-state index contributed by atoms with van der Waals surface area (Å²) in [5, 5.41) is 1.20. The largest absolute Gasteiger partial charge is 0.327 e. The van der Waals surface area contributed by atoms with E-state index in [2.05, 4.69) is 0 Å². The predicted molar refractivity (Wildman–Crippen MR) is 89.0 cm³/mol. The van der Waals surface area contributed by atoms with Gasteiger partial charge < -0.3 is 5.73 Å². The fraction of sp³-hybridized carbons (Fsp3) is 0.250. The zero-order valence-electron chi connectivity index (χ0n) is 11.6. The predicted octanol–water partition coefficient (Wildman–Crippen LogP) is 5.56. The summed E-state index contributed by atoms with van der Waals surface area (Å²) in [5.74, 6) is -0.234. The van der Waals surface area contributed by atoms with Crippen molar-refractivity contribution in [3.05, 3.63) is 57.8 Å². The van der Waals surface area contributed by atoms with Gasteiger partial charge in [0.2, 0.25) is 0 Å². The number of nitrogens with two attached hydrogens (primary N) is 1. The van der Waals surface area contributed by atoms with Gasteiger partial charge in [-0.3, -0.25) is 0 Å². The van der Waals surface area contributed by atoms with E-state index in [1.54, 1.807) is 24.3 Å². The molecule has 0 aliphatic heterocycles. The number of hydrogen-bond acceptors (Lipinski definition) is 2. The second kappa shape index (κ2) is 7.50. The molecule has 1 atom stereocenters. The van der Waals surface area contributed by atoms with E-state index in [1.165, 1.54) is 17.8 Å². The van der Waals surface area contributed by atoms with E-state index >= 15 is 0 Å². The van der Waals surface area contributed by atoms with Crippen LogP contribution in [0.4, 0.5) is 4.39 Å². The van der Waals surface area contributed by atoms with Crippen LogP contribution in [0.5, 0.6) is 0 Å². The highest BCUT2D eigenvalue weighted by Gasteiger charge is 2.14. The van der Waals surface area contributed by atoms with Gasteiger partial charge in [0, 0.05) is 26.4 Å². The summed E-state index contributed by atoms with van der Waals surface area (Å²) in [6, 6.07) is 10.2. The monoisotopic (exact) mass is 343 g/mol. The molecule has 0 aromatic heterocycles. The third-order valence-electron chi connectivity index (χ3n) is 3.18. The Morgan fingerprint density at radius 1 is 1.19 bits per heavy atom. The smallest absolute Gasteiger partial charge is 0.127 e. The highest BCUT2D eigenvalue weighted by Crippen LogP contribution is 2.37. The Kier molecular flexibility index (Phi) is 5.94. The molecule has 0 radical (unpaired) electrons. The van der Waals surface area contributed by atoms with E-state index in [-0.39, 0.29) is 11.9 Å². The average molecular weight is 344 g/mol. The number of benzene rings is 2. The Balaban J connectivity index is 2.35. The van der Waals surface area contributed by atoms with Gasteiger partial charge in [-0.1, -0.05) is 48.0 Å².